The van der Waals surface area contributed by atoms with Crippen molar-refractivity contribution in [2.24, 2.45) is 0 Å². The van der Waals surface area contributed by atoms with Crippen molar-refractivity contribution in [1.82, 2.24) is 24.5 Å². The third-order valence-electron chi connectivity index (χ3n) is 8.26. The van der Waals surface area contributed by atoms with Crippen molar-refractivity contribution in [1.29, 1.82) is 0 Å². The number of pyridine rings is 2. The zero-order valence-corrected chi connectivity index (χ0v) is 23.0. The van der Waals surface area contributed by atoms with E-state index in [9.17, 15) is 0 Å². The number of fused-ring (bicyclic) bond motifs is 7. The van der Waals surface area contributed by atoms with E-state index in [1.54, 1.807) is 0 Å². The first-order chi connectivity index (χ1) is 21.3. The lowest BCUT2D eigenvalue weighted by Crippen LogP contribution is -2.05. The van der Waals surface area contributed by atoms with Crippen molar-refractivity contribution in [3.8, 4) is 28.5 Å². The second kappa shape index (κ2) is 9.29. The van der Waals surface area contributed by atoms with Crippen LogP contribution < -0.4 is 0 Å². The van der Waals surface area contributed by atoms with Gasteiger partial charge in [-0.3, -0.25) is 4.57 Å². The maximum absolute atomic E-state index is 5.34. The molecule has 9 aromatic rings. The van der Waals surface area contributed by atoms with Crippen LogP contribution in [0.15, 0.2) is 140 Å². The predicted octanol–water partition coefficient (Wildman–Crippen LogP) is 9.16. The molecule has 0 saturated carbocycles. The Bertz CT molecular complexity index is 2460. The Kier molecular flexibility index (Phi) is 5.13. The number of aromatic nitrogens is 5. The Hall–Kier alpha value is -5.94. The van der Waals surface area contributed by atoms with Gasteiger partial charge in [0.25, 0.3) is 0 Å². The van der Waals surface area contributed by atoms with E-state index in [0.29, 0.717) is 5.95 Å². The smallest absolute Gasteiger partial charge is 0.237 e. The zero-order valence-electron chi connectivity index (χ0n) is 23.0. The normalized spacial score (nSPS) is 11.7. The molecule has 0 spiro atoms. The molecule has 9 rings (SSSR count). The first-order valence-electron chi connectivity index (χ1n) is 14.3. The number of nitrogens with zero attached hydrogens (tertiary/aromatic N) is 5. The largest absolute Gasteiger partial charge is 0.262 e. The molecule has 0 fully saturated rings. The van der Waals surface area contributed by atoms with Gasteiger partial charge in [0.2, 0.25) is 5.95 Å². The summed E-state index contributed by atoms with van der Waals surface area (Å²) in [6, 6.07) is 46.0. The van der Waals surface area contributed by atoms with Crippen LogP contribution >= 0.6 is 0 Å². The van der Waals surface area contributed by atoms with Gasteiger partial charge >= 0.3 is 0 Å². The lowest BCUT2D eigenvalue weighted by molar-refractivity contribution is 0.999. The van der Waals surface area contributed by atoms with Gasteiger partial charge in [0.05, 0.1) is 22.4 Å². The maximum Gasteiger partial charge on any atom is 0.237 e. The van der Waals surface area contributed by atoms with Gasteiger partial charge in [-0.1, -0.05) is 103 Å². The SMILES string of the molecule is c1ccc(-c2ccc3ccc4c(-c5cccc6ccccc56)nc(-n5c6ccccc6c6cccnc65)nc4c3n2)cc1. The Morgan fingerprint density at radius 2 is 1.23 bits per heavy atom. The van der Waals surface area contributed by atoms with Crippen LogP contribution in [-0.2, 0) is 0 Å². The maximum atomic E-state index is 5.34. The first-order valence-corrected chi connectivity index (χ1v) is 14.3. The minimum absolute atomic E-state index is 0.569. The Labute approximate surface area is 246 Å². The van der Waals surface area contributed by atoms with Gasteiger partial charge in [-0.25, -0.2) is 19.9 Å². The summed E-state index contributed by atoms with van der Waals surface area (Å²) in [5.41, 5.74) is 7.39. The molecule has 0 aliphatic carbocycles. The van der Waals surface area contributed by atoms with Gasteiger partial charge < -0.3 is 0 Å². The number of hydrogen-bond donors (Lipinski definition) is 0. The van der Waals surface area contributed by atoms with Gasteiger partial charge in [-0.15, -0.1) is 0 Å². The fourth-order valence-electron chi connectivity index (χ4n) is 6.27. The van der Waals surface area contributed by atoms with Crippen LogP contribution in [0.25, 0.3) is 83.0 Å². The van der Waals surface area contributed by atoms with Gasteiger partial charge in [-0.05, 0) is 41.1 Å². The molecule has 200 valence electrons. The fourth-order valence-corrected chi connectivity index (χ4v) is 6.27. The number of hydrogen-bond acceptors (Lipinski definition) is 4. The van der Waals surface area contributed by atoms with Crippen LogP contribution in [-0.4, -0.2) is 24.5 Å². The van der Waals surface area contributed by atoms with Crippen molar-refractivity contribution in [3.05, 3.63) is 140 Å². The molecule has 0 amide bonds. The van der Waals surface area contributed by atoms with Crippen LogP contribution in [0.1, 0.15) is 0 Å². The molecule has 0 bridgehead atoms. The zero-order chi connectivity index (χ0) is 28.3. The molecule has 0 atom stereocenters. The summed E-state index contributed by atoms with van der Waals surface area (Å²) < 4.78 is 2.08. The summed E-state index contributed by atoms with van der Waals surface area (Å²) in [5.74, 6) is 0.569. The summed E-state index contributed by atoms with van der Waals surface area (Å²) in [6.45, 7) is 0. The Morgan fingerprint density at radius 1 is 0.465 bits per heavy atom. The number of rotatable bonds is 3. The molecule has 0 unspecified atom stereocenters. The molecule has 5 nitrogen and oxygen atoms in total. The van der Waals surface area contributed by atoms with Crippen LogP contribution in [0.4, 0.5) is 0 Å². The molecular formula is C38H23N5. The summed E-state index contributed by atoms with van der Waals surface area (Å²) in [5, 5.41) is 6.47. The second-order valence-electron chi connectivity index (χ2n) is 10.7. The molecule has 0 aliphatic heterocycles. The molecule has 4 heterocycles. The molecule has 0 aliphatic rings. The van der Waals surface area contributed by atoms with Gasteiger partial charge in [0.15, 0.2) is 0 Å². The summed E-state index contributed by atoms with van der Waals surface area (Å²) in [6.07, 6.45) is 1.83. The molecule has 5 heteroatoms. The van der Waals surface area contributed by atoms with E-state index in [-0.39, 0.29) is 0 Å². The highest BCUT2D eigenvalue weighted by molar-refractivity contribution is 6.12. The third-order valence-corrected chi connectivity index (χ3v) is 8.26. The molecule has 0 saturated heterocycles. The predicted molar refractivity (Wildman–Crippen MR) is 175 cm³/mol. The number of para-hydroxylation sites is 1. The van der Waals surface area contributed by atoms with E-state index in [2.05, 4.69) is 108 Å². The van der Waals surface area contributed by atoms with Crippen LogP contribution in [0.5, 0.6) is 0 Å². The lowest BCUT2D eigenvalue weighted by atomic mass is 9.98. The summed E-state index contributed by atoms with van der Waals surface area (Å²) in [7, 11) is 0. The fraction of sp³-hybridized carbons (Fsp3) is 0. The van der Waals surface area contributed by atoms with E-state index in [1.807, 2.05) is 36.5 Å². The topological polar surface area (TPSA) is 56.5 Å². The molecule has 43 heavy (non-hydrogen) atoms. The molecule has 5 aromatic carbocycles. The summed E-state index contributed by atoms with van der Waals surface area (Å²) in [4.78, 5) is 20.6. The number of benzene rings is 5. The van der Waals surface area contributed by atoms with E-state index in [0.717, 1.165) is 77.0 Å². The van der Waals surface area contributed by atoms with Crippen molar-refractivity contribution >= 4 is 54.5 Å². The van der Waals surface area contributed by atoms with Crippen molar-refractivity contribution in [2.45, 2.75) is 0 Å². The average Bonchev–Trinajstić information content (AvgIpc) is 3.42. The standard InChI is InChI=1S/C38H23N5/c1-2-11-25(12-3-1)32-22-20-26-19-21-31-35(29-16-8-13-24-10-4-5-14-27(24)29)41-38(42-36(31)34(26)40-32)43-33-18-7-6-15-28(33)30-17-9-23-39-37(30)43/h1-23H. The van der Waals surface area contributed by atoms with E-state index in [1.165, 1.54) is 0 Å². The van der Waals surface area contributed by atoms with Gasteiger partial charge in [0, 0.05) is 38.9 Å². The summed E-state index contributed by atoms with van der Waals surface area (Å²) >= 11 is 0. The highest BCUT2D eigenvalue weighted by Crippen LogP contribution is 2.37. The molecule has 4 aromatic heterocycles. The highest BCUT2D eigenvalue weighted by Gasteiger charge is 2.20. The van der Waals surface area contributed by atoms with Crippen molar-refractivity contribution in [2.75, 3.05) is 0 Å². The second-order valence-corrected chi connectivity index (χ2v) is 10.7. The van der Waals surface area contributed by atoms with E-state index < -0.39 is 0 Å². The van der Waals surface area contributed by atoms with Gasteiger partial charge in [0.1, 0.15) is 11.2 Å². The molecule has 0 radical (unpaired) electrons. The Balaban J connectivity index is 1.44. The quantitative estimate of drug-likeness (QED) is 0.206. The van der Waals surface area contributed by atoms with Crippen LogP contribution in [0.2, 0.25) is 0 Å². The van der Waals surface area contributed by atoms with Crippen molar-refractivity contribution in [3.63, 3.8) is 0 Å². The van der Waals surface area contributed by atoms with Crippen molar-refractivity contribution < 1.29 is 0 Å². The molecular weight excluding hydrogens is 526 g/mol. The third kappa shape index (κ3) is 3.65. The first kappa shape index (κ1) is 23.7. The monoisotopic (exact) mass is 549 g/mol. The van der Waals surface area contributed by atoms with E-state index in [4.69, 9.17) is 19.9 Å². The molecule has 0 N–H and O–H groups in total. The lowest BCUT2D eigenvalue weighted by Gasteiger charge is -2.14. The van der Waals surface area contributed by atoms with E-state index >= 15 is 0 Å². The average molecular weight is 550 g/mol. The highest BCUT2D eigenvalue weighted by atomic mass is 15.2. The minimum atomic E-state index is 0.569. The van der Waals surface area contributed by atoms with Crippen LogP contribution in [0, 0.1) is 0 Å². The Morgan fingerprint density at radius 3 is 2.16 bits per heavy atom. The minimum Gasteiger partial charge on any atom is -0.262 e. The van der Waals surface area contributed by atoms with Crippen LogP contribution in [0.3, 0.4) is 0 Å². The van der Waals surface area contributed by atoms with Gasteiger partial charge in [-0.2, -0.15) is 0 Å².